The molecule has 0 aliphatic carbocycles. The molecule has 8 nitrogen and oxygen atoms in total. The van der Waals surface area contributed by atoms with Crippen LogP contribution in [0.25, 0.3) is 21.9 Å². The Bertz CT molecular complexity index is 1440. The van der Waals surface area contributed by atoms with Gasteiger partial charge in [-0.05, 0) is 36.8 Å². The summed E-state index contributed by atoms with van der Waals surface area (Å²) in [5.74, 6) is 0.703. The quantitative estimate of drug-likeness (QED) is 0.368. The number of anilines is 2. The number of methoxy groups -OCH3 is 2. The third-order valence-corrected chi connectivity index (χ3v) is 6.66. The zero-order valence-electron chi connectivity index (χ0n) is 19.2. The Labute approximate surface area is 198 Å². The topological polar surface area (TPSA) is 98.1 Å². The lowest BCUT2D eigenvalue weighted by Crippen LogP contribution is -2.31. The summed E-state index contributed by atoms with van der Waals surface area (Å²) in [4.78, 5) is 12.5. The number of carbonyl (C=O) groups is 1. The first-order valence-electron chi connectivity index (χ1n) is 10.7. The van der Waals surface area contributed by atoms with Gasteiger partial charge in [-0.1, -0.05) is 18.2 Å². The molecule has 0 fully saturated rings. The van der Waals surface area contributed by atoms with Gasteiger partial charge in [0.25, 0.3) is 0 Å². The van der Waals surface area contributed by atoms with E-state index in [0.29, 0.717) is 34.9 Å². The Hall–Kier alpha value is -3.72. The molecular formula is C25H26N2O6S. The maximum atomic E-state index is 12.5. The van der Waals surface area contributed by atoms with Gasteiger partial charge in [-0.25, -0.2) is 8.42 Å². The Morgan fingerprint density at radius 1 is 0.971 bits per heavy atom. The number of amides is 1. The smallest absolute Gasteiger partial charge is 0.232 e. The van der Waals surface area contributed by atoms with E-state index in [2.05, 4.69) is 5.32 Å². The number of para-hydroxylation sites is 1. The van der Waals surface area contributed by atoms with Crippen molar-refractivity contribution in [3.63, 3.8) is 0 Å². The molecule has 1 N–H and O–H groups in total. The number of nitrogens with one attached hydrogen (secondary N) is 1. The number of furan rings is 1. The number of benzene rings is 3. The maximum Gasteiger partial charge on any atom is 0.232 e. The lowest BCUT2D eigenvalue weighted by molar-refractivity contribution is -0.116. The van der Waals surface area contributed by atoms with Crippen LogP contribution in [0.3, 0.4) is 0 Å². The van der Waals surface area contributed by atoms with Crippen molar-refractivity contribution in [3.8, 4) is 11.5 Å². The van der Waals surface area contributed by atoms with E-state index in [1.165, 1.54) is 18.5 Å². The van der Waals surface area contributed by atoms with Crippen LogP contribution in [0, 0.1) is 0 Å². The molecule has 0 atom stereocenters. The van der Waals surface area contributed by atoms with Crippen molar-refractivity contribution in [2.75, 3.05) is 36.6 Å². The lowest BCUT2D eigenvalue weighted by Gasteiger charge is -2.24. The van der Waals surface area contributed by atoms with Gasteiger partial charge in [0.15, 0.2) is 0 Å². The minimum atomic E-state index is -3.60. The van der Waals surface area contributed by atoms with Crippen molar-refractivity contribution in [2.45, 2.75) is 12.8 Å². The van der Waals surface area contributed by atoms with Gasteiger partial charge in [0.05, 0.1) is 26.2 Å². The summed E-state index contributed by atoms with van der Waals surface area (Å²) < 4.78 is 42.5. The van der Waals surface area contributed by atoms with Crippen LogP contribution >= 0.6 is 0 Å². The van der Waals surface area contributed by atoms with Gasteiger partial charge in [-0.15, -0.1) is 0 Å². The molecule has 0 radical (unpaired) electrons. The summed E-state index contributed by atoms with van der Waals surface area (Å²) in [7, 11) is -0.611. The predicted octanol–water partition coefficient (Wildman–Crippen LogP) is 4.79. The van der Waals surface area contributed by atoms with Crippen LogP contribution in [-0.4, -0.2) is 41.3 Å². The summed E-state index contributed by atoms with van der Waals surface area (Å²) in [6.45, 7) is 0.123. The molecule has 0 aliphatic heterocycles. The van der Waals surface area contributed by atoms with Gasteiger partial charge in [0, 0.05) is 41.6 Å². The molecule has 0 bridgehead atoms. The number of sulfonamides is 1. The molecule has 34 heavy (non-hydrogen) atoms. The van der Waals surface area contributed by atoms with Crippen molar-refractivity contribution in [1.82, 2.24) is 0 Å². The summed E-state index contributed by atoms with van der Waals surface area (Å²) in [6, 6.07) is 18.2. The second-order valence-electron chi connectivity index (χ2n) is 7.83. The molecule has 3 aromatic carbocycles. The number of ether oxygens (including phenoxy) is 2. The maximum absolute atomic E-state index is 12.5. The van der Waals surface area contributed by atoms with E-state index < -0.39 is 10.0 Å². The molecule has 0 aliphatic rings. The van der Waals surface area contributed by atoms with Crippen molar-refractivity contribution in [3.05, 3.63) is 60.7 Å². The van der Waals surface area contributed by atoms with Gasteiger partial charge >= 0.3 is 0 Å². The summed E-state index contributed by atoms with van der Waals surface area (Å²) in [6.07, 6.45) is 1.59. The predicted molar refractivity (Wildman–Crippen MR) is 133 cm³/mol. The number of nitrogens with zero attached hydrogens (tertiary/aromatic N) is 1. The Balaban J connectivity index is 1.43. The van der Waals surface area contributed by atoms with Crippen molar-refractivity contribution >= 4 is 49.2 Å². The summed E-state index contributed by atoms with van der Waals surface area (Å²) >= 11 is 0. The summed E-state index contributed by atoms with van der Waals surface area (Å²) in [5.41, 5.74) is 2.49. The third-order valence-electron chi connectivity index (χ3n) is 5.48. The molecule has 0 unspecified atom stereocenters. The largest absolute Gasteiger partial charge is 0.497 e. The fourth-order valence-corrected chi connectivity index (χ4v) is 4.84. The molecule has 1 aromatic heterocycles. The standard InChI is InChI=1S/C25H26N2O6S/c1-31-18-11-13-21(24(16-18)32-2)27(34(3,29)30)14-6-9-25(28)26-17-10-12-20-19-7-4-5-8-22(19)33-23(20)15-17/h4-5,7-8,10-13,15-16H,6,9,14H2,1-3H3,(H,26,28). The minimum Gasteiger partial charge on any atom is -0.497 e. The van der Waals surface area contributed by atoms with E-state index in [0.717, 1.165) is 22.6 Å². The van der Waals surface area contributed by atoms with E-state index in [1.807, 2.05) is 36.4 Å². The highest BCUT2D eigenvalue weighted by atomic mass is 32.2. The van der Waals surface area contributed by atoms with Crippen LogP contribution in [-0.2, 0) is 14.8 Å². The highest BCUT2D eigenvalue weighted by Crippen LogP contribution is 2.34. The minimum absolute atomic E-state index is 0.123. The SMILES string of the molecule is COc1ccc(N(CCCC(=O)Nc2ccc3c(c2)oc2ccccc23)S(C)(=O)=O)c(OC)c1. The Morgan fingerprint density at radius 2 is 1.74 bits per heavy atom. The van der Waals surface area contributed by atoms with Crippen molar-refractivity contribution < 1.29 is 27.1 Å². The first-order chi connectivity index (χ1) is 16.3. The van der Waals surface area contributed by atoms with Crippen LogP contribution in [0.5, 0.6) is 11.5 Å². The summed E-state index contributed by atoms with van der Waals surface area (Å²) in [5, 5.41) is 4.86. The van der Waals surface area contributed by atoms with Crippen LogP contribution in [0.15, 0.2) is 65.1 Å². The Kier molecular flexibility index (Phi) is 6.65. The molecule has 0 saturated heterocycles. The van der Waals surface area contributed by atoms with E-state index >= 15 is 0 Å². The second-order valence-corrected chi connectivity index (χ2v) is 9.74. The van der Waals surface area contributed by atoms with Gasteiger partial charge in [-0.3, -0.25) is 9.10 Å². The zero-order chi connectivity index (χ0) is 24.3. The molecule has 4 rings (SSSR count). The van der Waals surface area contributed by atoms with E-state index in [1.54, 1.807) is 24.3 Å². The number of hydrogen-bond donors (Lipinski definition) is 1. The average molecular weight is 483 g/mol. The Morgan fingerprint density at radius 3 is 2.47 bits per heavy atom. The van der Waals surface area contributed by atoms with Crippen molar-refractivity contribution in [2.24, 2.45) is 0 Å². The van der Waals surface area contributed by atoms with Crippen LogP contribution < -0.4 is 19.1 Å². The van der Waals surface area contributed by atoms with Crippen LogP contribution in [0.1, 0.15) is 12.8 Å². The molecule has 0 spiro atoms. The molecule has 4 aromatic rings. The highest BCUT2D eigenvalue weighted by Gasteiger charge is 2.22. The molecule has 1 heterocycles. The number of carbonyl (C=O) groups excluding carboxylic acids is 1. The molecular weight excluding hydrogens is 456 g/mol. The second kappa shape index (κ2) is 9.64. The van der Waals surface area contributed by atoms with E-state index in [4.69, 9.17) is 13.9 Å². The van der Waals surface area contributed by atoms with Crippen LogP contribution in [0.2, 0.25) is 0 Å². The monoisotopic (exact) mass is 482 g/mol. The zero-order valence-corrected chi connectivity index (χ0v) is 20.0. The normalized spacial score (nSPS) is 11.5. The van der Waals surface area contributed by atoms with Gasteiger partial charge in [-0.2, -0.15) is 0 Å². The van der Waals surface area contributed by atoms with Crippen molar-refractivity contribution in [1.29, 1.82) is 0 Å². The first-order valence-corrected chi connectivity index (χ1v) is 12.6. The third kappa shape index (κ3) is 4.94. The average Bonchev–Trinajstić information content (AvgIpc) is 3.18. The fraction of sp³-hybridized carbons (Fsp3) is 0.240. The van der Waals surface area contributed by atoms with Gasteiger partial charge < -0.3 is 19.2 Å². The van der Waals surface area contributed by atoms with Gasteiger partial charge in [0.2, 0.25) is 15.9 Å². The number of rotatable bonds is 9. The molecule has 178 valence electrons. The molecule has 1 amide bonds. The number of fused-ring (bicyclic) bond motifs is 3. The van der Waals surface area contributed by atoms with Crippen LogP contribution in [0.4, 0.5) is 11.4 Å². The molecule has 9 heteroatoms. The van der Waals surface area contributed by atoms with Gasteiger partial charge in [0.1, 0.15) is 22.7 Å². The van der Waals surface area contributed by atoms with E-state index in [9.17, 15) is 13.2 Å². The molecule has 0 saturated carbocycles. The lowest BCUT2D eigenvalue weighted by atomic mass is 10.1. The first kappa shape index (κ1) is 23.4. The highest BCUT2D eigenvalue weighted by molar-refractivity contribution is 7.92. The fourth-order valence-electron chi connectivity index (χ4n) is 3.87. The van der Waals surface area contributed by atoms with E-state index in [-0.39, 0.29) is 18.9 Å². The number of hydrogen-bond acceptors (Lipinski definition) is 6.